The van der Waals surface area contributed by atoms with E-state index in [-0.39, 0.29) is 17.4 Å². The molecule has 2 heterocycles. The molecule has 0 aliphatic carbocycles. The standard InChI is InChI=1S/C19H25N3O/c1-15-12-22(14-20-15)17(16-8-5-4-6-9-16)18(23)21-11-7-10-19(2,3)13-21/h4-6,8-9,12,14,17H,7,10-11,13H2,1-3H3. The van der Waals surface area contributed by atoms with Crippen LogP contribution < -0.4 is 0 Å². The molecule has 1 aliphatic rings. The first-order valence-corrected chi connectivity index (χ1v) is 8.30. The lowest BCUT2D eigenvalue weighted by atomic mass is 9.84. The minimum Gasteiger partial charge on any atom is -0.340 e. The van der Waals surface area contributed by atoms with E-state index >= 15 is 0 Å². The molecule has 3 rings (SSSR count). The zero-order valence-electron chi connectivity index (χ0n) is 14.2. The minimum absolute atomic E-state index is 0.168. The topological polar surface area (TPSA) is 38.1 Å². The van der Waals surface area contributed by atoms with Gasteiger partial charge in [0.15, 0.2) is 0 Å². The summed E-state index contributed by atoms with van der Waals surface area (Å²) in [7, 11) is 0. The number of nitrogens with zero attached hydrogens (tertiary/aromatic N) is 3. The van der Waals surface area contributed by atoms with Gasteiger partial charge < -0.3 is 9.47 Å². The molecule has 0 N–H and O–H groups in total. The van der Waals surface area contributed by atoms with Crippen molar-refractivity contribution in [2.45, 2.75) is 39.7 Å². The smallest absolute Gasteiger partial charge is 0.250 e. The molecular formula is C19H25N3O. The largest absolute Gasteiger partial charge is 0.340 e. The number of hydrogen-bond acceptors (Lipinski definition) is 2. The lowest BCUT2D eigenvalue weighted by Crippen LogP contribution is -2.46. The Kier molecular flexibility index (Phi) is 4.24. The van der Waals surface area contributed by atoms with Crippen LogP contribution in [0.25, 0.3) is 0 Å². The molecular weight excluding hydrogens is 286 g/mol. The van der Waals surface area contributed by atoms with Crippen molar-refractivity contribution in [1.29, 1.82) is 0 Å². The van der Waals surface area contributed by atoms with E-state index in [4.69, 9.17) is 0 Å². The first-order valence-electron chi connectivity index (χ1n) is 8.30. The van der Waals surface area contributed by atoms with Crippen LogP contribution in [-0.4, -0.2) is 33.4 Å². The fourth-order valence-electron chi connectivity index (χ4n) is 3.44. The van der Waals surface area contributed by atoms with Crippen LogP contribution in [0.1, 0.15) is 44.0 Å². The van der Waals surface area contributed by atoms with Gasteiger partial charge in [-0.1, -0.05) is 44.2 Å². The van der Waals surface area contributed by atoms with Gasteiger partial charge in [-0.3, -0.25) is 4.79 Å². The Hall–Kier alpha value is -2.10. The van der Waals surface area contributed by atoms with Gasteiger partial charge in [-0.15, -0.1) is 0 Å². The second-order valence-corrected chi connectivity index (χ2v) is 7.30. The molecule has 1 unspecified atom stereocenters. The van der Waals surface area contributed by atoms with Crippen LogP contribution in [0.4, 0.5) is 0 Å². The van der Waals surface area contributed by atoms with Crippen molar-refractivity contribution in [3.8, 4) is 0 Å². The van der Waals surface area contributed by atoms with Crippen LogP contribution in [0.5, 0.6) is 0 Å². The average Bonchev–Trinajstić information content (AvgIpc) is 2.93. The Balaban J connectivity index is 1.93. The molecule has 1 atom stereocenters. The lowest BCUT2D eigenvalue weighted by Gasteiger charge is -2.39. The molecule has 0 spiro atoms. The number of amides is 1. The molecule has 0 radical (unpaired) electrons. The Morgan fingerprint density at radius 2 is 2.00 bits per heavy atom. The highest BCUT2D eigenvalue weighted by atomic mass is 16.2. The van der Waals surface area contributed by atoms with Gasteiger partial charge in [0.05, 0.1) is 12.0 Å². The number of aryl methyl sites for hydroxylation is 1. The van der Waals surface area contributed by atoms with Crippen molar-refractivity contribution in [3.05, 3.63) is 54.1 Å². The van der Waals surface area contributed by atoms with Gasteiger partial charge in [-0.05, 0) is 30.7 Å². The third-order valence-corrected chi connectivity index (χ3v) is 4.59. The Morgan fingerprint density at radius 1 is 1.26 bits per heavy atom. The predicted molar refractivity (Wildman–Crippen MR) is 91.1 cm³/mol. The van der Waals surface area contributed by atoms with Crippen molar-refractivity contribution in [2.75, 3.05) is 13.1 Å². The molecule has 0 bridgehead atoms. The third kappa shape index (κ3) is 3.46. The number of hydrogen-bond donors (Lipinski definition) is 0. The van der Waals surface area contributed by atoms with Crippen molar-refractivity contribution in [3.63, 3.8) is 0 Å². The van der Waals surface area contributed by atoms with E-state index in [2.05, 4.69) is 18.8 Å². The minimum atomic E-state index is -0.328. The fourth-order valence-corrected chi connectivity index (χ4v) is 3.44. The summed E-state index contributed by atoms with van der Waals surface area (Å²) in [6.07, 6.45) is 5.96. The molecule has 4 nitrogen and oxygen atoms in total. The first kappa shape index (κ1) is 15.8. The third-order valence-electron chi connectivity index (χ3n) is 4.59. The molecule has 23 heavy (non-hydrogen) atoms. The molecule has 1 fully saturated rings. The van der Waals surface area contributed by atoms with Crippen LogP contribution in [-0.2, 0) is 4.79 Å². The van der Waals surface area contributed by atoms with Crippen molar-refractivity contribution >= 4 is 5.91 Å². The van der Waals surface area contributed by atoms with Crippen LogP contribution >= 0.6 is 0 Å². The predicted octanol–water partition coefficient (Wildman–Crippen LogP) is 3.43. The molecule has 4 heteroatoms. The van der Waals surface area contributed by atoms with E-state index in [0.29, 0.717) is 0 Å². The number of carbonyl (C=O) groups is 1. The Bertz CT molecular complexity index is 675. The Morgan fingerprint density at radius 3 is 2.61 bits per heavy atom. The number of aromatic nitrogens is 2. The van der Waals surface area contributed by atoms with Crippen molar-refractivity contribution < 1.29 is 4.79 Å². The summed E-state index contributed by atoms with van der Waals surface area (Å²) < 4.78 is 1.94. The molecule has 1 aliphatic heterocycles. The van der Waals surface area contributed by atoms with E-state index < -0.39 is 0 Å². The molecule has 122 valence electrons. The van der Waals surface area contributed by atoms with Gasteiger partial charge >= 0.3 is 0 Å². The summed E-state index contributed by atoms with van der Waals surface area (Å²) in [4.78, 5) is 19.6. The summed E-state index contributed by atoms with van der Waals surface area (Å²) in [5.74, 6) is 0.168. The maximum Gasteiger partial charge on any atom is 0.250 e. The summed E-state index contributed by atoms with van der Waals surface area (Å²) in [5, 5.41) is 0. The van der Waals surface area contributed by atoms with Gasteiger partial charge in [-0.25, -0.2) is 4.98 Å². The Labute approximate surface area is 138 Å². The first-order chi connectivity index (χ1) is 11.0. The number of benzene rings is 1. The number of piperidine rings is 1. The molecule has 1 aromatic carbocycles. The number of rotatable bonds is 3. The highest BCUT2D eigenvalue weighted by Crippen LogP contribution is 2.31. The van der Waals surface area contributed by atoms with Crippen molar-refractivity contribution in [1.82, 2.24) is 14.5 Å². The maximum absolute atomic E-state index is 13.3. The highest BCUT2D eigenvalue weighted by Gasteiger charge is 2.33. The van der Waals surface area contributed by atoms with Crippen LogP contribution in [0, 0.1) is 12.3 Å². The zero-order valence-corrected chi connectivity index (χ0v) is 14.2. The molecule has 1 aromatic heterocycles. The van der Waals surface area contributed by atoms with Crippen LogP contribution in [0.2, 0.25) is 0 Å². The van der Waals surface area contributed by atoms with E-state index in [1.807, 2.05) is 52.9 Å². The summed E-state index contributed by atoms with van der Waals surface area (Å²) in [6, 6.07) is 9.67. The molecule has 0 saturated carbocycles. The summed E-state index contributed by atoms with van der Waals surface area (Å²) in [5.41, 5.74) is 2.14. The second kappa shape index (κ2) is 6.19. The van der Waals surface area contributed by atoms with E-state index in [1.165, 1.54) is 6.42 Å². The number of imidazole rings is 1. The van der Waals surface area contributed by atoms with Gasteiger partial charge in [-0.2, -0.15) is 0 Å². The SMILES string of the molecule is Cc1cn(C(C(=O)N2CCCC(C)(C)C2)c2ccccc2)cn1. The molecule has 2 aromatic rings. The highest BCUT2D eigenvalue weighted by molar-refractivity contribution is 5.84. The van der Waals surface area contributed by atoms with E-state index in [0.717, 1.165) is 30.8 Å². The van der Waals surface area contributed by atoms with Crippen molar-refractivity contribution in [2.24, 2.45) is 5.41 Å². The van der Waals surface area contributed by atoms with Gasteiger partial charge in [0.25, 0.3) is 0 Å². The van der Waals surface area contributed by atoms with E-state index in [9.17, 15) is 4.79 Å². The lowest BCUT2D eigenvalue weighted by molar-refractivity contribution is -0.136. The van der Waals surface area contributed by atoms with Crippen LogP contribution in [0.15, 0.2) is 42.9 Å². The molecule has 1 saturated heterocycles. The van der Waals surface area contributed by atoms with E-state index in [1.54, 1.807) is 6.33 Å². The molecule has 1 amide bonds. The zero-order chi connectivity index (χ0) is 16.4. The summed E-state index contributed by atoms with van der Waals surface area (Å²) in [6.45, 7) is 8.10. The quantitative estimate of drug-likeness (QED) is 0.871. The number of likely N-dealkylation sites (tertiary alicyclic amines) is 1. The van der Waals surface area contributed by atoms with Crippen LogP contribution in [0.3, 0.4) is 0 Å². The summed E-state index contributed by atoms with van der Waals surface area (Å²) >= 11 is 0. The fraction of sp³-hybridized carbons (Fsp3) is 0.474. The maximum atomic E-state index is 13.3. The van der Waals surface area contributed by atoms with Gasteiger partial charge in [0.2, 0.25) is 5.91 Å². The average molecular weight is 311 g/mol. The monoisotopic (exact) mass is 311 g/mol. The normalized spacial score (nSPS) is 18.7. The van der Waals surface area contributed by atoms with Gasteiger partial charge in [0, 0.05) is 19.3 Å². The number of carbonyl (C=O) groups excluding carboxylic acids is 1. The van der Waals surface area contributed by atoms with Gasteiger partial charge in [0.1, 0.15) is 6.04 Å². The second-order valence-electron chi connectivity index (χ2n) is 7.30.